The molecule has 0 saturated heterocycles. The third-order valence-corrected chi connectivity index (χ3v) is 4.44. The van der Waals surface area contributed by atoms with Crippen LogP contribution in [0, 0.1) is 0 Å². The molecule has 1 aromatic carbocycles. The van der Waals surface area contributed by atoms with Gasteiger partial charge < -0.3 is 10.6 Å². The number of carbonyl (C=O) groups is 1. The van der Waals surface area contributed by atoms with Gasteiger partial charge in [-0.3, -0.25) is 9.89 Å². The molecule has 1 atom stereocenters. The number of rotatable bonds is 4. The normalized spacial score (nSPS) is 16.1. The SMILES string of the molecule is O=C(Nc1ccc(Nc2ccccc2)nc1)C1CCCc2[nH]ncc21. The van der Waals surface area contributed by atoms with Gasteiger partial charge in [-0.1, -0.05) is 18.2 Å². The van der Waals surface area contributed by atoms with E-state index in [1.807, 2.05) is 42.5 Å². The summed E-state index contributed by atoms with van der Waals surface area (Å²) < 4.78 is 0. The van der Waals surface area contributed by atoms with E-state index in [2.05, 4.69) is 25.8 Å². The van der Waals surface area contributed by atoms with E-state index in [1.54, 1.807) is 12.4 Å². The number of hydrogen-bond donors (Lipinski definition) is 3. The lowest BCUT2D eigenvalue weighted by Gasteiger charge is -2.21. The fraction of sp³-hybridized carbons (Fsp3) is 0.211. The Bertz CT molecular complexity index is 857. The topological polar surface area (TPSA) is 82.7 Å². The number of nitrogens with zero attached hydrogens (tertiary/aromatic N) is 2. The highest BCUT2D eigenvalue weighted by atomic mass is 16.1. The number of carbonyl (C=O) groups excluding carboxylic acids is 1. The molecule has 3 N–H and O–H groups in total. The van der Waals surface area contributed by atoms with Crippen LogP contribution in [0.4, 0.5) is 17.2 Å². The average Bonchev–Trinajstić information content (AvgIpc) is 3.13. The minimum atomic E-state index is -0.148. The zero-order valence-corrected chi connectivity index (χ0v) is 13.7. The van der Waals surface area contributed by atoms with E-state index in [0.29, 0.717) is 5.69 Å². The maximum atomic E-state index is 12.6. The van der Waals surface area contributed by atoms with Crippen molar-refractivity contribution in [2.45, 2.75) is 25.2 Å². The van der Waals surface area contributed by atoms with Crippen molar-refractivity contribution in [2.75, 3.05) is 10.6 Å². The maximum Gasteiger partial charge on any atom is 0.232 e. The summed E-state index contributed by atoms with van der Waals surface area (Å²) in [6, 6.07) is 13.6. The summed E-state index contributed by atoms with van der Waals surface area (Å²) in [5.74, 6) is 0.580. The molecule has 0 bridgehead atoms. The summed E-state index contributed by atoms with van der Waals surface area (Å²) >= 11 is 0. The van der Waals surface area contributed by atoms with Crippen LogP contribution in [0.3, 0.4) is 0 Å². The third-order valence-electron chi connectivity index (χ3n) is 4.44. The van der Waals surface area contributed by atoms with Crippen LogP contribution in [-0.4, -0.2) is 21.1 Å². The number of amides is 1. The van der Waals surface area contributed by atoms with Gasteiger partial charge in [-0.05, 0) is 43.5 Å². The smallest absolute Gasteiger partial charge is 0.232 e. The predicted octanol–water partition coefficient (Wildman–Crippen LogP) is 3.61. The van der Waals surface area contributed by atoms with E-state index in [-0.39, 0.29) is 11.8 Å². The number of aromatic nitrogens is 3. The first kappa shape index (κ1) is 15.4. The summed E-state index contributed by atoms with van der Waals surface area (Å²) in [4.78, 5) is 17.0. The van der Waals surface area contributed by atoms with Gasteiger partial charge in [0.2, 0.25) is 5.91 Å². The first-order valence-electron chi connectivity index (χ1n) is 8.41. The molecule has 1 amide bonds. The second-order valence-corrected chi connectivity index (χ2v) is 6.16. The lowest BCUT2D eigenvalue weighted by molar-refractivity contribution is -0.117. The van der Waals surface area contributed by atoms with Crippen LogP contribution in [0.2, 0.25) is 0 Å². The second-order valence-electron chi connectivity index (χ2n) is 6.16. The second kappa shape index (κ2) is 6.76. The standard InChI is InChI=1S/C19H19N5O/c25-19(15-7-4-8-17-16(15)12-21-24-17)23-14-9-10-18(20-11-14)22-13-5-2-1-3-6-13/h1-3,5-6,9-12,15H,4,7-8H2,(H,20,22)(H,21,24)(H,23,25). The fourth-order valence-corrected chi connectivity index (χ4v) is 3.17. The molecule has 6 nitrogen and oxygen atoms in total. The molecule has 6 heteroatoms. The number of aromatic amines is 1. The van der Waals surface area contributed by atoms with Gasteiger partial charge in [0.05, 0.1) is 24.0 Å². The number of pyridine rings is 1. The van der Waals surface area contributed by atoms with Crippen molar-refractivity contribution < 1.29 is 4.79 Å². The number of anilines is 3. The van der Waals surface area contributed by atoms with Crippen LogP contribution in [0.1, 0.15) is 30.0 Å². The molecule has 4 rings (SSSR count). The summed E-state index contributed by atoms with van der Waals surface area (Å²) in [6.45, 7) is 0. The van der Waals surface area contributed by atoms with Gasteiger partial charge in [-0.2, -0.15) is 5.10 Å². The van der Waals surface area contributed by atoms with Gasteiger partial charge in [0.25, 0.3) is 0 Å². The highest BCUT2D eigenvalue weighted by Crippen LogP contribution is 2.31. The molecule has 0 fully saturated rings. The van der Waals surface area contributed by atoms with Crippen molar-refractivity contribution >= 4 is 23.1 Å². The Kier molecular flexibility index (Phi) is 4.16. The Labute approximate surface area is 145 Å². The Balaban J connectivity index is 1.42. The molecule has 1 unspecified atom stereocenters. The van der Waals surface area contributed by atoms with Gasteiger partial charge in [0.1, 0.15) is 5.82 Å². The molecule has 1 aliphatic rings. The minimum Gasteiger partial charge on any atom is -0.340 e. The summed E-state index contributed by atoms with van der Waals surface area (Å²) in [5, 5.41) is 13.2. The Morgan fingerprint density at radius 2 is 1.96 bits per heavy atom. The molecule has 0 spiro atoms. The monoisotopic (exact) mass is 333 g/mol. The maximum absolute atomic E-state index is 12.6. The Hall–Kier alpha value is -3.15. The zero-order valence-electron chi connectivity index (χ0n) is 13.7. The number of aryl methyl sites for hydroxylation is 1. The third kappa shape index (κ3) is 3.38. The minimum absolute atomic E-state index is 0.00656. The molecule has 0 aliphatic heterocycles. The fourth-order valence-electron chi connectivity index (χ4n) is 3.17. The van der Waals surface area contributed by atoms with Gasteiger partial charge in [-0.15, -0.1) is 0 Å². The van der Waals surface area contributed by atoms with E-state index < -0.39 is 0 Å². The van der Waals surface area contributed by atoms with Crippen molar-refractivity contribution in [3.63, 3.8) is 0 Å². The van der Waals surface area contributed by atoms with Gasteiger partial charge in [0.15, 0.2) is 0 Å². The first-order valence-corrected chi connectivity index (χ1v) is 8.41. The van der Waals surface area contributed by atoms with E-state index in [4.69, 9.17) is 0 Å². The number of H-pyrrole nitrogens is 1. The van der Waals surface area contributed by atoms with Gasteiger partial charge >= 0.3 is 0 Å². The molecule has 2 aromatic heterocycles. The number of nitrogens with one attached hydrogen (secondary N) is 3. The molecule has 126 valence electrons. The highest BCUT2D eigenvalue weighted by Gasteiger charge is 2.27. The van der Waals surface area contributed by atoms with Crippen LogP contribution in [0.5, 0.6) is 0 Å². The lowest BCUT2D eigenvalue weighted by Crippen LogP contribution is -2.24. The van der Waals surface area contributed by atoms with Crippen molar-refractivity contribution in [2.24, 2.45) is 0 Å². The predicted molar refractivity (Wildman–Crippen MR) is 96.9 cm³/mol. The molecular formula is C19H19N5O. The van der Waals surface area contributed by atoms with Crippen LogP contribution in [-0.2, 0) is 11.2 Å². The lowest BCUT2D eigenvalue weighted by atomic mass is 9.86. The van der Waals surface area contributed by atoms with Gasteiger partial charge in [-0.25, -0.2) is 4.98 Å². The number of fused-ring (bicyclic) bond motifs is 1. The Morgan fingerprint density at radius 3 is 2.76 bits per heavy atom. The van der Waals surface area contributed by atoms with Crippen LogP contribution < -0.4 is 10.6 Å². The molecule has 3 aromatic rings. The van der Waals surface area contributed by atoms with Gasteiger partial charge in [0, 0.05) is 16.9 Å². The summed E-state index contributed by atoms with van der Waals surface area (Å²) in [6.07, 6.45) is 6.23. The zero-order chi connectivity index (χ0) is 17.1. The Morgan fingerprint density at radius 1 is 1.08 bits per heavy atom. The van der Waals surface area contributed by atoms with Crippen LogP contribution in [0.25, 0.3) is 0 Å². The quantitative estimate of drug-likeness (QED) is 0.681. The number of para-hydroxylation sites is 1. The molecule has 2 heterocycles. The van der Waals surface area contributed by atoms with Crippen molar-refractivity contribution in [3.05, 3.63) is 66.1 Å². The molecule has 1 aliphatic carbocycles. The van der Waals surface area contributed by atoms with E-state index in [0.717, 1.165) is 42.0 Å². The van der Waals surface area contributed by atoms with Crippen LogP contribution >= 0.6 is 0 Å². The first-order chi connectivity index (χ1) is 12.3. The van der Waals surface area contributed by atoms with E-state index in [9.17, 15) is 4.79 Å². The van der Waals surface area contributed by atoms with Crippen molar-refractivity contribution in [3.8, 4) is 0 Å². The molecule has 0 radical (unpaired) electrons. The summed E-state index contributed by atoms with van der Waals surface area (Å²) in [5.41, 5.74) is 3.76. The molecule has 25 heavy (non-hydrogen) atoms. The molecular weight excluding hydrogens is 314 g/mol. The van der Waals surface area contributed by atoms with Crippen LogP contribution in [0.15, 0.2) is 54.9 Å². The van der Waals surface area contributed by atoms with E-state index in [1.165, 1.54) is 0 Å². The largest absolute Gasteiger partial charge is 0.340 e. The van der Waals surface area contributed by atoms with Crippen molar-refractivity contribution in [1.82, 2.24) is 15.2 Å². The van der Waals surface area contributed by atoms with E-state index >= 15 is 0 Å². The average molecular weight is 333 g/mol. The highest BCUT2D eigenvalue weighted by molar-refractivity contribution is 5.96. The molecule has 0 saturated carbocycles. The number of hydrogen-bond acceptors (Lipinski definition) is 4. The summed E-state index contributed by atoms with van der Waals surface area (Å²) in [7, 11) is 0. The van der Waals surface area contributed by atoms with Crippen molar-refractivity contribution in [1.29, 1.82) is 0 Å². The number of benzene rings is 1.